The van der Waals surface area contributed by atoms with Crippen LogP contribution in [-0.4, -0.2) is 39.8 Å². The number of unbranched alkanes of at least 4 members (excludes halogenated alkanes) is 1. The Balaban J connectivity index is 1.67. The summed E-state index contributed by atoms with van der Waals surface area (Å²) in [6, 6.07) is 17.7. The van der Waals surface area contributed by atoms with Crippen molar-refractivity contribution >= 4 is 40.4 Å². The number of hydrogen-bond acceptors (Lipinski definition) is 5. The number of ether oxygens (including phenoxy) is 1. The third-order valence-corrected chi connectivity index (χ3v) is 6.75. The van der Waals surface area contributed by atoms with Gasteiger partial charge in [0.25, 0.3) is 0 Å². The normalized spacial score (nSPS) is 12.0. The van der Waals surface area contributed by atoms with E-state index in [9.17, 15) is 9.59 Å². The number of carbonyl (C=O) groups is 2. The van der Waals surface area contributed by atoms with E-state index in [4.69, 9.17) is 9.72 Å². The molecule has 3 aromatic rings. The molecule has 0 spiro atoms. The molecule has 0 fully saturated rings. The van der Waals surface area contributed by atoms with Crippen LogP contribution in [0.25, 0.3) is 11.0 Å². The van der Waals surface area contributed by atoms with Gasteiger partial charge in [0.2, 0.25) is 5.91 Å². The lowest BCUT2D eigenvalue weighted by Crippen LogP contribution is -2.32. The molecule has 0 radical (unpaired) electrons. The molecule has 182 valence electrons. The van der Waals surface area contributed by atoms with Crippen molar-refractivity contribution in [3.63, 3.8) is 0 Å². The predicted octanol–water partition coefficient (Wildman–Crippen LogP) is 6.08. The van der Waals surface area contributed by atoms with Crippen LogP contribution in [0.5, 0.6) is 0 Å². The molecular weight excluding hydrogens is 446 g/mol. The molecule has 3 rings (SSSR count). The molecule has 0 N–H and O–H groups in total. The number of anilines is 1. The molecule has 1 atom stereocenters. The summed E-state index contributed by atoms with van der Waals surface area (Å²) in [7, 11) is 0. The highest BCUT2D eigenvalue weighted by Crippen LogP contribution is 2.25. The molecule has 1 unspecified atom stereocenters. The average molecular weight is 482 g/mol. The third kappa shape index (κ3) is 7.10. The predicted molar refractivity (Wildman–Crippen MR) is 139 cm³/mol. The minimum atomic E-state index is -0.254. The van der Waals surface area contributed by atoms with Gasteiger partial charge >= 0.3 is 5.97 Å². The van der Waals surface area contributed by atoms with Gasteiger partial charge in [0.15, 0.2) is 5.16 Å². The van der Waals surface area contributed by atoms with Crippen LogP contribution in [0.2, 0.25) is 0 Å². The maximum Gasteiger partial charge on any atom is 0.326 e. The quantitative estimate of drug-likeness (QED) is 0.168. The number of hydrogen-bond donors (Lipinski definition) is 0. The number of esters is 1. The van der Waals surface area contributed by atoms with E-state index in [1.165, 1.54) is 0 Å². The van der Waals surface area contributed by atoms with Crippen LogP contribution in [0.3, 0.4) is 0 Å². The van der Waals surface area contributed by atoms with Gasteiger partial charge < -0.3 is 14.2 Å². The SMILES string of the molecule is CCCCC(=O)N(CCCSc1nc2ccccc2n1CC(=O)OC(C)CC)c1ccccc1. The summed E-state index contributed by atoms with van der Waals surface area (Å²) in [5, 5.41) is 0.797. The monoisotopic (exact) mass is 481 g/mol. The van der Waals surface area contributed by atoms with Crippen molar-refractivity contribution in [1.82, 2.24) is 9.55 Å². The lowest BCUT2D eigenvalue weighted by Gasteiger charge is -2.23. The fourth-order valence-corrected chi connectivity index (χ4v) is 4.58. The Bertz CT molecular complexity index is 1070. The maximum atomic E-state index is 12.8. The summed E-state index contributed by atoms with van der Waals surface area (Å²) < 4.78 is 7.44. The number of thioether (sulfide) groups is 1. The van der Waals surface area contributed by atoms with Crippen molar-refractivity contribution < 1.29 is 14.3 Å². The summed E-state index contributed by atoms with van der Waals surface area (Å²) >= 11 is 1.61. The average Bonchev–Trinajstić information content (AvgIpc) is 3.19. The first-order valence-corrected chi connectivity index (χ1v) is 13.1. The van der Waals surface area contributed by atoms with Gasteiger partial charge in [-0.15, -0.1) is 0 Å². The summed E-state index contributed by atoms with van der Waals surface area (Å²) in [6.45, 7) is 6.79. The fourth-order valence-electron chi connectivity index (χ4n) is 3.65. The number of carbonyl (C=O) groups excluding carboxylic acids is 2. The molecule has 0 saturated heterocycles. The molecule has 0 bridgehead atoms. The topological polar surface area (TPSA) is 64.4 Å². The Morgan fingerprint density at radius 1 is 1.06 bits per heavy atom. The Labute approximate surface area is 206 Å². The fraction of sp³-hybridized carbons (Fsp3) is 0.444. The maximum absolute atomic E-state index is 12.8. The number of aromatic nitrogens is 2. The highest BCUT2D eigenvalue weighted by Gasteiger charge is 2.18. The third-order valence-electron chi connectivity index (χ3n) is 5.68. The van der Waals surface area contributed by atoms with Gasteiger partial charge in [0, 0.05) is 24.4 Å². The zero-order valence-electron chi connectivity index (χ0n) is 20.4. The van der Waals surface area contributed by atoms with Crippen molar-refractivity contribution in [3.05, 3.63) is 54.6 Å². The minimum absolute atomic E-state index is 0.104. The van der Waals surface area contributed by atoms with E-state index in [0.717, 1.165) is 53.3 Å². The molecule has 0 aliphatic heterocycles. The summed E-state index contributed by atoms with van der Waals surface area (Å²) in [5.41, 5.74) is 2.72. The highest BCUT2D eigenvalue weighted by atomic mass is 32.2. The van der Waals surface area contributed by atoms with Gasteiger partial charge in [-0.1, -0.05) is 62.4 Å². The van der Waals surface area contributed by atoms with E-state index < -0.39 is 0 Å². The van der Waals surface area contributed by atoms with Gasteiger partial charge in [-0.2, -0.15) is 0 Å². The number of fused-ring (bicyclic) bond motifs is 1. The van der Waals surface area contributed by atoms with Crippen LogP contribution < -0.4 is 4.90 Å². The summed E-state index contributed by atoms with van der Waals surface area (Å²) in [6.07, 6.45) is 3.96. The Kier molecular flexibility index (Phi) is 10.0. The lowest BCUT2D eigenvalue weighted by molar-refractivity contribution is -0.149. The van der Waals surface area contributed by atoms with E-state index in [2.05, 4.69) is 6.92 Å². The molecule has 0 aliphatic rings. The van der Waals surface area contributed by atoms with Gasteiger partial charge in [-0.25, -0.2) is 4.98 Å². The number of para-hydroxylation sites is 3. The van der Waals surface area contributed by atoms with Gasteiger partial charge in [0.05, 0.1) is 17.1 Å². The summed E-state index contributed by atoms with van der Waals surface area (Å²) in [4.78, 5) is 32.0. The highest BCUT2D eigenvalue weighted by molar-refractivity contribution is 7.99. The van der Waals surface area contributed by atoms with Crippen molar-refractivity contribution in [3.8, 4) is 0 Å². The number of imidazole rings is 1. The minimum Gasteiger partial charge on any atom is -0.461 e. The molecule has 1 amide bonds. The zero-order valence-corrected chi connectivity index (χ0v) is 21.2. The lowest BCUT2D eigenvalue weighted by atomic mass is 10.2. The Hall–Kier alpha value is -2.80. The van der Waals surface area contributed by atoms with Gasteiger partial charge in [-0.05, 0) is 50.5 Å². The molecular formula is C27H35N3O3S. The van der Waals surface area contributed by atoms with Crippen LogP contribution in [0.4, 0.5) is 5.69 Å². The Morgan fingerprint density at radius 2 is 1.79 bits per heavy atom. The van der Waals surface area contributed by atoms with Crippen LogP contribution in [0.1, 0.15) is 52.9 Å². The van der Waals surface area contributed by atoms with E-state index in [1.54, 1.807) is 11.8 Å². The molecule has 2 aromatic carbocycles. The smallest absolute Gasteiger partial charge is 0.326 e. The first kappa shape index (κ1) is 25.8. The van der Waals surface area contributed by atoms with E-state index in [0.29, 0.717) is 13.0 Å². The van der Waals surface area contributed by atoms with E-state index in [-0.39, 0.29) is 24.5 Å². The first-order chi connectivity index (χ1) is 16.5. The van der Waals surface area contributed by atoms with E-state index >= 15 is 0 Å². The zero-order chi connectivity index (χ0) is 24.3. The van der Waals surface area contributed by atoms with Crippen molar-refractivity contribution in [2.24, 2.45) is 0 Å². The number of nitrogens with zero attached hydrogens (tertiary/aromatic N) is 3. The molecule has 0 saturated carbocycles. The number of amides is 1. The summed E-state index contributed by atoms with van der Waals surface area (Å²) in [5.74, 6) is 0.697. The molecule has 34 heavy (non-hydrogen) atoms. The molecule has 1 heterocycles. The second-order valence-corrected chi connectivity index (χ2v) is 9.43. The largest absolute Gasteiger partial charge is 0.461 e. The van der Waals surface area contributed by atoms with Crippen LogP contribution in [0.15, 0.2) is 59.8 Å². The number of benzene rings is 2. The van der Waals surface area contributed by atoms with Crippen molar-refractivity contribution in [1.29, 1.82) is 0 Å². The van der Waals surface area contributed by atoms with Crippen LogP contribution >= 0.6 is 11.8 Å². The van der Waals surface area contributed by atoms with Gasteiger partial charge in [-0.3, -0.25) is 9.59 Å². The molecule has 0 aliphatic carbocycles. The molecule has 1 aromatic heterocycles. The molecule has 6 nitrogen and oxygen atoms in total. The van der Waals surface area contributed by atoms with Crippen molar-refractivity contribution in [2.75, 3.05) is 17.2 Å². The van der Waals surface area contributed by atoms with E-state index in [1.807, 2.05) is 77.9 Å². The Morgan fingerprint density at radius 3 is 2.53 bits per heavy atom. The second-order valence-electron chi connectivity index (χ2n) is 8.36. The molecule has 7 heteroatoms. The van der Waals surface area contributed by atoms with Crippen molar-refractivity contribution in [2.45, 2.75) is 70.7 Å². The van der Waals surface area contributed by atoms with Gasteiger partial charge in [0.1, 0.15) is 6.54 Å². The standard InChI is InChI=1S/C27H35N3O3S/c1-4-6-17-25(31)29(22-13-8-7-9-14-22)18-12-19-34-27-28-23-15-10-11-16-24(23)30(27)20-26(32)33-21(3)5-2/h7-11,13-16,21H,4-6,12,17-20H2,1-3H3. The van der Waals surface area contributed by atoms with Crippen LogP contribution in [0, 0.1) is 0 Å². The second kappa shape index (κ2) is 13.2. The first-order valence-electron chi connectivity index (χ1n) is 12.2. The number of rotatable bonds is 13. The van der Waals surface area contributed by atoms with Crippen LogP contribution in [-0.2, 0) is 20.9 Å².